The summed E-state index contributed by atoms with van der Waals surface area (Å²) in [4.78, 5) is 57.6. The molecular weight excluding hydrogens is 747 g/mol. The monoisotopic (exact) mass is 807 g/mol. The molecule has 0 aliphatic rings. The number of hydrogen-bond donors (Lipinski definition) is 8. The highest BCUT2D eigenvalue weighted by molar-refractivity contribution is 8.02. The third-order valence-electron chi connectivity index (χ3n) is 8.68. The first kappa shape index (κ1) is 47.8. The number of nitrogens with one attached hydrogen (secondary N) is 3. The summed E-state index contributed by atoms with van der Waals surface area (Å²) in [6, 6.07) is 8.65. The first-order valence-corrected chi connectivity index (χ1v) is 20.0. The van der Waals surface area contributed by atoms with Gasteiger partial charge in [0.05, 0.1) is 12.3 Å². The second kappa shape index (κ2) is 27.3. The maximum atomic E-state index is 14.1. The number of unbranched alkanes of at least 4 members (excludes halogenated alkanes) is 1. The molecule has 15 nitrogen and oxygen atoms in total. The molecule has 0 aliphatic carbocycles. The van der Waals surface area contributed by atoms with Crippen LogP contribution in [0.15, 0.2) is 83.9 Å². The summed E-state index contributed by atoms with van der Waals surface area (Å²) >= 11 is 1.62. The van der Waals surface area contributed by atoms with Crippen molar-refractivity contribution in [2.45, 2.75) is 83.0 Å². The van der Waals surface area contributed by atoms with Gasteiger partial charge in [0, 0.05) is 25.1 Å². The van der Waals surface area contributed by atoms with Crippen LogP contribution in [0.3, 0.4) is 0 Å². The SMILES string of the molecule is C=CCS/C=C/CO/C=C/COc1cc(C)c(C[C@H](NC(=O)[C@H](N)CCCN=C(N)N)C(=O)NC(CCCCN)C(=O)N[C@@H](Cc2ccccc2)C(N)=O)c(C)c1. The lowest BCUT2D eigenvalue weighted by atomic mass is 9.94. The molecule has 0 radical (unpaired) electrons. The highest BCUT2D eigenvalue weighted by Crippen LogP contribution is 2.24. The molecule has 13 N–H and O–H groups in total. The summed E-state index contributed by atoms with van der Waals surface area (Å²) in [5, 5.41) is 10.3. The lowest BCUT2D eigenvalue weighted by Gasteiger charge is -2.26. The minimum atomic E-state index is -1.13. The van der Waals surface area contributed by atoms with Gasteiger partial charge in [0.25, 0.3) is 0 Å². The molecule has 57 heavy (non-hydrogen) atoms. The number of rotatable bonds is 28. The molecule has 4 atom stereocenters. The molecular formula is C41H61N9O6S. The molecule has 4 amide bonds. The van der Waals surface area contributed by atoms with E-state index in [1.165, 1.54) is 0 Å². The predicted molar refractivity (Wildman–Crippen MR) is 228 cm³/mol. The lowest BCUT2D eigenvalue weighted by Crippen LogP contribution is -2.58. The van der Waals surface area contributed by atoms with E-state index in [1.807, 2.05) is 73.9 Å². The minimum Gasteiger partial charge on any atom is -0.497 e. The van der Waals surface area contributed by atoms with E-state index in [0.717, 1.165) is 28.0 Å². The van der Waals surface area contributed by atoms with Crippen LogP contribution >= 0.6 is 11.8 Å². The van der Waals surface area contributed by atoms with Gasteiger partial charge in [0.1, 0.15) is 37.1 Å². The summed E-state index contributed by atoms with van der Waals surface area (Å²) in [6.45, 7) is 8.82. The number of thioether (sulfide) groups is 1. The fourth-order valence-corrected chi connectivity index (χ4v) is 6.14. The van der Waals surface area contributed by atoms with Crippen molar-refractivity contribution >= 4 is 41.4 Å². The first-order chi connectivity index (χ1) is 27.4. The summed E-state index contributed by atoms with van der Waals surface area (Å²) in [6.07, 6.45) is 9.35. The molecule has 312 valence electrons. The average Bonchev–Trinajstić information content (AvgIpc) is 3.17. The highest BCUT2D eigenvalue weighted by Gasteiger charge is 2.31. The van der Waals surface area contributed by atoms with Crippen molar-refractivity contribution in [2.75, 3.05) is 32.1 Å². The van der Waals surface area contributed by atoms with Gasteiger partial charge in [0.2, 0.25) is 23.6 Å². The quantitative estimate of drug-likeness (QED) is 0.0202. The topological polar surface area (TPSA) is 265 Å². The number of nitrogens with zero attached hydrogens (tertiary/aromatic N) is 1. The Morgan fingerprint density at radius 2 is 1.51 bits per heavy atom. The van der Waals surface area contributed by atoms with Crippen LogP contribution in [0, 0.1) is 13.8 Å². The smallest absolute Gasteiger partial charge is 0.243 e. The molecule has 0 aliphatic heterocycles. The van der Waals surface area contributed by atoms with E-state index >= 15 is 0 Å². The number of aryl methyl sites for hydroxylation is 2. The summed E-state index contributed by atoms with van der Waals surface area (Å²) in [5.41, 5.74) is 31.7. The predicted octanol–water partition coefficient (Wildman–Crippen LogP) is 1.88. The number of guanidine groups is 1. The number of aliphatic imine (C=N–C) groups is 1. The molecule has 2 aromatic rings. The van der Waals surface area contributed by atoms with Crippen molar-refractivity contribution in [3.05, 3.63) is 101 Å². The minimum absolute atomic E-state index is 0.0670. The van der Waals surface area contributed by atoms with Crippen LogP contribution in [0.4, 0.5) is 0 Å². The molecule has 16 heteroatoms. The summed E-state index contributed by atoms with van der Waals surface area (Å²) in [7, 11) is 0. The van der Waals surface area contributed by atoms with Crippen LogP contribution in [-0.2, 0) is 36.8 Å². The number of benzene rings is 2. The van der Waals surface area contributed by atoms with Crippen molar-refractivity contribution in [1.82, 2.24) is 16.0 Å². The van der Waals surface area contributed by atoms with Gasteiger partial charge in [0.15, 0.2) is 5.96 Å². The number of hydrogen-bond acceptors (Lipinski definition) is 10. The average molecular weight is 808 g/mol. The molecule has 0 saturated carbocycles. The molecule has 2 rings (SSSR count). The summed E-state index contributed by atoms with van der Waals surface area (Å²) < 4.78 is 11.4. The zero-order chi connectivity index (χ0) is 42.0. The normalized spacial score (nSPS) is 13.3. The number of ether oxygens (including phenoxy) is 2. The zero-order valence-corrected chi connectivity index (χ0v) is 33.9. The second-order valence-electron chi connectivity index (χ2n) is 13.4. The lowest BCUT2D eigenvalue weighted by molar-refractivity contribution is -0.133. The fraction of sp³-hybridized carbons (Fsp3) is 0.439. The van der Waals surface area contributed by atoms with E-state index in [9.17, 15) is 19.2 Å². The van der Waals surface area contributed by atoms with Gasteiger partial charge in [-0.3, -0.25) is 24.2 Å². The van der Waals surface area contributed by atoms with Crippen molar-refractivity contribution < 1.29 is 28.7 Å². The van der Waals surface area contributed by atoms with Gasteiger partial charge >= 0.3 is 0 Å². The Morgan fingerprint density at radius 1 is 0.842 bits per heavy atom. The zero-order valence-electron chi connectivity index (χ0n) is 33.1. The van der Waals surface area contributed by atoms with Crippen molar-refractivity contribution in [3.63, 3.8) is 0 Å². The molecule has 0 fully saturated rings. The Hall–Kier alpha value is -5.32. The standard InChI is InChI=1S/C41H61N9O6S/c1-4-22-57-23-12-20-55-19-11-21-56-31-24-28(2)32(29(3)25-31)27-36(50-38(52)33(43)15-10-18-47-41(45)46)40(54)48-34(16-8-9-17-42)39(53)49-35(37(44)51)26-30-13-6-5-7-14-30/h4-7,11-14,19,23-25,33-36H,1,8-10,15-18,20-22,26-27,42-43H2,2-3H3,(H2,44,51)(H,48,54)(H,49,53)(H,50,52)(H4,45,46,47)/b19-11+,23-12+/t33-,34?,35+,36+/m1/s1. The Balaban J connectivity index is 2.28. The van der Waals surface area contributed by atoms with Gasteiger partial charge in [-0.05, 0) is 104 Å². The van der Waals surface area contributed by atoms with E-state index in [-0.39, 0.29) is 44.8 Å². The van der Waals surface area contributed by atoms with Crippen LogP contribution in [0.1, 0.15) is 54.4 Å². The number of amides is 4. The van der Waals surface area contributed by atoms with Crippen LogP contribution in [0.25, 0.3) is 0 Å². The van der Waals surface area contributed by atoms with Crippen LogP contribution < -0.4 is 49.4 Å². The van der Waals surface area contributed by atoms with Gasteiger partial charge in [-0.15, -0.1) is 18.3 Å². The molecule has 0 spiro atoms. The van der Waals surface area contributed by atoms with Gasteiger partial charge in [-0.1, -0.05) is 36.4 Å². The number of carbonyl (C=O) groups excluding carboxylic acids is 4. The highest BCUT2D eigenvalue weighted by atomic mass is 32.2. The molecule has 0 bridgehead atoms. The number of nitrogens with two attached hydrogens (primary N) is 5. The molecule has 1 unspecified atom stereocenters. The van der Waals surface area contributed by atoms with Crippen LogP contribution in [0.5, 0.6) is 5.75 Å². The Labute approximate surface area is 340 Å². The Kier molecular flexibility index (Phi) is 22.9. The summed E-state index contributed by atoms with van der Waals surface area (Å²) in [5.74, 6) is -1.10. The van der Waals surface area contributed by atoms with Crippen molar-refractivity contribution in [3.8, 4) is 5.75 Å². The van der Waals surface area contributed by atoms with E-state index < -0.39 is 47.8 Å². The second-order valence-corrected chi connectivity index (χ2v) is 14.3. The van der Waals surface area contributed by atoms with Gasteiger partial charge in [-0.25, -0.2) is 0 Å². The largest absolute Gasteiger partial charge is 0.497 e. The Bertz CT molecular complexity index is 1640. The maximum Gasteiger partial charge on any atom is 0.243 e. The van der Waals surface area contributed by atoms with Crippen molar-refractivity contribution in [1.29, 1.82) is 0 Å². The molecule has 2 aromatic carbocycles. The van der Waals surface area contributed by atoms with E-state index in [0.29, 0.717) is 38.2 Å². The fourth-order valence-electron chi connectivity index (χ4n) is 5.67. The third kappa shape index (κ3) is 19.4. The molecule has 0 saturated heterocycles. The third-order valence-corrected chi connectivity index (χ3v) is 9.49. The maximum absolute atomic E-state index is 14.1. The molecule has 0 heterocycles. The Morgan fingerprint density at radius 3 is 2.16 bits per heavy atom. The van der Waals surface area contributed by atoms with Crippen LogP contribution in [-0.4, -0.2) is 85.8 Å². The van der Waals surface area contributed by atoms with Crippen LogP contribution in [0.2, 0.25) is 0 Å². The van der Waals surface area contributed by atoms with E-state index in [4.69, 9.17) is 38.1 Å². The van der Waals surface area contributed by atoms with E-state index in [1.54, 1.807) is 24.1 Å². The van der Waals surface area contributed by atoms with Gasteiger partial charge in [-0.2, -0.15) is 0 Å². The number of primary amides is 1. The van der Waals surface area contributed by atoms with Gasteiger partial charge < -0.3 is 54.1 Å². The number of carbonyl (C=O) groups is 4. The van der Waals surface area contributed by atoms with E-state index in [2.05, 4.69) is 27.5 Å². The first-order valence-electron chi connectivity index (χ1n) is 19.0. The molecule has 0 aromatic heterocycles. The van der Waals surface area contributed by atoms with Crippen molar-refractivity contribution in [2.24, 2.45) is 33.7 Å².